The zero-order valence-electron chi connectivity index (χ0n) is 15.9. The number of pyridine rings is 1. The molecule has 2 amide bonds. The lowest BCUT2D eigenvalue weighted by molar-refractivity contribution is -0.126. The van der Waals surface area contributed by atoms with Gasteiger partial charge in [-0.15, -0.1) is 0 Å². The summed E-state index contributed by atoms with van der Waals surface area (Å²) in [5, 5.41) is 14.4. The van der Waals surface area contributed by atoms with Crippen molar-refractivity contribution >= 4 is 23.5 Å². The number of hydrogen-bond donors (Lipinski definition) is 4. The number of carbonyl (C=O) groups excluding carboxylic acids is 2. The molecule has 2 atom stereocenters. The third-order valence-electron chi connectivity index (χ3n) is 4.46. The fourth-order valence-corrected chi connectivity index (χ4v) is 2.68. The third-order valence-corrected chi connectivity index (χ3v) is 4.46. The van der Waals surface area contributed by atoms with Crippen LogP contribution in [0, 0.1) is 5.92 Å². The van der Waals surface area contributed by atoms with Gasteiger partial charge in [-0.25, -0.2) is 4.79 Å². The Kier molecular flexibility index (Phi) is 6.70. The van der Waals surface area contributed by atoms with E-state index in [0.29, 0.717) is 16.9 Å². The van der Waals surface area contributed by atoms with Crippen molar-refractivity contribution in [2.45, 2.75) is 33.2 Å². The summed E-state index contributed by atoms with van der Waals surface area (Å²) in [5.74, 6) is -1.90. The molecule has 0 saturated heterocycles. The van der Waals surface area contributed by atoms with E-state index in [9.17, 15) is 19.2 Å². The van der Waals surface area contributed by atoms with Crippen molar-refractivity contribution in [3.05, 3.63) is 52.3 Å². The van der Waals surface area contributed by atoms with Crippen LogP contribution < -0.4 is 16.2 Å². The highest BCUT2D eigenvalue weighted by atomic mass is 16.4. The molecule has 0 spiro atoms. The number of benzene rings is 1. The quantitative estimate of drug-likeness (QED) is 0.581. The Morgan fingerprint density at radius 2 is 1.75 bits per heavy atom. The number of carboxylic acids is 1. The summed E-state index contributed by atoms with van der Waals surface area (Å²) in [7, 11) is 0. The van der Waals surface area contributed by atoms with E-state index >= 15 is 0 Å². The maximum Gasteiger partial charge on any atom is 0.341 e. The number of amides is 2. The number of nitrogens with one attached hydrogen (secondary N) is 3. The van der Waals surface area contributed by atoms with Crippen molar-refractivity contribution in [2.24, 2.45) is 5.92 Å². The molecular formula is C20H23N3O5. The van der Waals surface area contributed by atoms with Gasteiger partial charge in [0.15, 0.2) is 0 Å². The SMILES string of the molecule is CCC(C)[C@H](NC(C)=O)C(=O)Nc1ccc(-c2ccc(C(=O)O)c(=O)[nH]2)cc1. The Morgan fingerprint density at radius 1 is 1.11 bits per heavy atom. The van der Waals surface area contributed by atoms with Gasteiger partial charge in [0.05, 0.1) is 0 Å². The van der Waals surface area contributed by atoms with Gasteiger partial charge in [-0.1, -0.05) is 32.4 Å². The van der Waals surface area contributed by atoms with Gasteiger partial charge >= 0.3 is 5.97 Å². The molecule has 1 heterocycles. The first-order valence-corrected chi connectivity index (χ1v) is 8.88. The number of hydrogen-bond acceptors (Lipinski definition) is 4. The number of carboxylic acid groups (broad SMARTS) is 1. The molecule has 28 heavy (non-hydrogen) atoms. The Morgan fingerprint density at radius 3 is 2.25 bits per heavy atom. The highest BCUT2D eigenvalue weighted by Crippen LogP contribution is 2.19. The highest BCUT2D eigenvalue weighted by molar-refractivity contribution is 5.97. The molecule has 1 aromatic carbocycles. The van der Waals surface area contributed by atoms with Crippen LogP contribution in [0.15, 0.2) is 41.2 Å². The van der Waals surface area contributed by atoms with Gasteiger partial charge in [0.25, 0.3) is 5.56 Å². The third kappa shape index (κ3) is 5.06. The predicted molar refractivity (Wildman–Crippen MR) is 105 cm³/mol. The van der Waals surface area contributed by atoms with Crippen LogP contribution >= 0.6 is 0 Å². The molecule has 0 fully saturated rings. The van der Waals surface area contributed by atoms with Gasteiger partial charge in [-0.2, -0.15) is 0 Å². The van der Waals surface area contributed by atoms with Crippen LogP contribution in [0.2, 0.25) is 0 Å². The van der Waals surface area contributed by atoms with E-state index in [2.05, 4.69) is 15.6 Å². The Labute approximate surface area is 162 Å². The average molecular weight is 385 g/mol. The molecule has 0 aliphatic rings. The van der Waals surface area contributed by atoms with Crippen LogP contribution in [0.4, 0.5) is 5.69 Å². The van der Waals surface area contributed by atoms with Crippen LogP contribution in [0.3, 0.4) is 0 Å². The fraction of sp³-hybridized carbons (Fsp3) is 0.300. The van der Waals surface area contributed by atoms with E-state index in [1.165, 1.54) is 19.1 Å². The minimum Gasteiger partial charge on any atom is -0.477 e. The van der Waals surface area contributed by atoms with Gasteiger partial charge in [-0.05, 0) is 35.7 Å². The van der Waals surface area contributed by atoms with E-state index in [-0.39, 0.29) is 23.3 Å². The lowest BCUT2D eigenvalue weighted by Crippen LogP contribution is -2.46. The molecule has 8 nitrogen and oxygen atoms in total. The number of aromatic amines is 1. The zero-order chi connectivity index (χ0) is 20.8. The molecule has 1 unspecified atom stereocenters. The number of anilines is 1. The highest BCUT2D eigenvalue weighted by Gasteiger charge is 2.24. The number of rotatable bonds is 7. The maximum atomic E-state index is 12.5. The van der Waals surface area contributed by atoms with Gasteiger partial charge in [0.1, 0.15) is 11.6 Å². The molecule has 8 heteroatoms. The topological polar surface area (TPSA) is 128 Å². The van der Waals surface area contributed by atoms with Gasteiger partial charge in [-0.3, -0.25) is 14.4 Å². The van der Waals surface area contributed by atoms with Crippen molar-refractivity contribution in [1.82, 2.24) is 10.3 Å². The van der Waals surface area contributed by atoms with Gasteiger partial charge in [0, 0.05) is 18.3 Å². The monoisotopic (exact) mass is 385 g/mol. The van der Waals surface area contributed by atoms with Crippen molar-refractivity contribution in [3.8, 4) is 11.3 Å². The van der Waals surface area contributed by atoms with Crippen LogP contribution in [0.5, 0.6) is 0 Å². The summed E-state index contributed by atoms with van der Waals surface area (Å²) in [6.07, 6.45) is 0.733. The second-order valence-corrected chi connectivity index (χ2v) is 6.55. The van der Waals surface area contributed by atoms with Crippen molar-refractivity contribution < 1.29 is 19.5 Å². The Bertz CT molecular complexity index is 934. The Hall–Kier alpha value is -3.42. The standard InChI is InChI=1S/C20H23N3O5/c1-4-11(2)17(21-12(3)24)19(26)22-14-7-5-13(6-8-14)16-10-9-15(20(27)28)18(25)23-16/h5-11,17H,4H2,1-3H3,(H,21,24)(H,22,26)(H,23,25)(H,27,28)/t11?,17-/m0/s1. The number of carbonyl (C=O) groups is 3. The largest absolute Gasteiger partial charge is 0.477 e. The lowest BCUT2D eigenvalue weighted by atomic mass is 9.98. The van der Waals surface area contributed by atoms with Crippen LogP contribution in [-0.2, 0) is 9.59 Å². The first kappa shape index (κ1) is 20.9. The molecule has 2 rings (SSSR count). The predicted octanol–water partition coefficient (Wildman–Crippen LogP) is 2.23. The number of H-pyrrole nitrogens is 1. The summed E-state index contributed by atoms with van der Waals surface area (Å²) < 4.78 is 0. The summed E-state index contributed by atoms with van der Waals surface area (Å²) in [6, 6.07) is 8.83. The molecule has 0 saturated carbocycles. The van der Waals surface area contributed by atoms with E-state index < -0.39 is 17.6 Å². The van der Waals surface area contributed by atoms with Gasteiger partial charge in [0.2, 0.25) is 11.8 Å². The first-order valence-electron chi connectivity index (χ1n) is 8.88. The van der Waals surface area contributed by atoms with Gasteiger partial charge < -0.3 is 20.7 Å². The molecular weight excluding hydrogens is 362 g/mol. The fourth-order valence-electron chi connectivity index (χ4n) is 2.68. The molecule has 0 aliphatic carbocycles. The van der Waals surface area contributed by atoms with Crippen molar-refractivity contribution in [1.29, 1.82) is 0 Å². The lowest BCUT2D eigenvalue weighted by Gasteiger charge is -2.23. The minimum atomic E-state index is -1.29. The minimum absolute atomic E-state index is 0.0269. The van der Waals surface area contributed by atoms with Crippen molar-refractivity contribution in [2.75, 3.05) is 5.32 Å². The second-order valence-electron chi connectivity index (χ2n) is 6.55. The Balaban J connectivity index is 2.17. The molecule has 0 radical (unpaired) electrons. The average Bonchev–Trinajstić information content (AvgIpc) is 2.65. The summed E-state index contributed by atoms with van der Waals surface area (Å²) in [4.78, 5) is 49.1. The molecule has 1 aromatic heterocycles. The molecule has 0 aliphatic heterocycles. The van der Waals surface area contributed by atoms with E-state index in [0.717, 1.165) is 6.42 Å². The number of aromatic nitrogens is 1. The molecule has 0 bridgehead atoms. The normalized spacial score (nSPS) is 12.7. The summed E-state index contributed by atoms with van der Waals surface area (Å²) >= 11 is 0. The van der Waals surface area contributed by atoms with Crippen LogP contribution in [0.25, 0.3) is 11.3 Å². The molecule has 4 N–H and O–H groups in total. The molecule has 2 aromatic rings. The van der Waals surface area contributed by atoms with Crippen molar-refractivity contribution in [3.63, 3.8) is 0 Å². The smallest absolute Gasteiger partial charge is 0.341 e. The maximum absolute atomic E-state index is 12.5. The van der Waals surface area contributed by atoms with E-state index in [1.807, 2.05) is 13.8 Å². The number of aromatic carboxylic acids is 1. The summed E-state index contributed by atoms with van der Waals surface area (Å²) in [6.45, 7) is 5.20. The van der Waals surface area contributed by atoms with E-state index in [4.69, 9.17) is 5.11 Å². The van der Waals surface area contributed by atoms with Crippen LogP contribution in [0.1, 0.15) is 37.6 Å². The summed E-state index contributed by atoms with van der Waals surface area (Å²) in [5.41, 5.74) is 0.642. The zero-order valence-corrected chi connectivity index (χ0v) is 15.9. The van der Waals surface area contributed by atoms with E-state index in [1.54, 1.807) is 24.3 Å². The van der Waals surface area contributed by atoms with Crippen LogP contribution in [-0.4, -0.2) is 33.9 Å². The first-order chi connectivity index (χ1) is 13.2. The second kappa shape index (κ2) is 8.98. The molecule has 148 valence electrons.